The van der Waals surface area contributed by atoms with Crippen LogP contribution in [0.4, 0.5) is 0 Å². The van der Waals surface area contributed by atoms with E-state index in [-0.39, 0.29) is 24.0 Å². The van der Waals surface area contributed by atoms with Gasteiger partial charge in [0.1, 0.15) is 5.75 Å². The van der Waals surface area contributed by atoms with Gasteiger partial charge >= 0.3 is 0 Å². The summed E-state index contributed by atoms with van der Waals surface area (Å²) >= 11 is 0. The molecule has 0 fully saturated rings. The molecule has 0 saturated heterocycles. The second-order valence-corrected chi connectivity index (χ2v) is 5.64. The van der Waals surface area contributed by atoms with Crippen molar-refractivity contribution in [3.63, 3.8) is 0 Å². The molecule has 5 heteroatoms. The molecule has 0 aromatic heterocycles. The highest BCUT2D eigenvalue weighted by molar-refractivity contribution is 14.0. The number of guanidine groups is 1. The van der Waals surface area contributed by atoms with Gasteiger partial charge in [-0.3, -0.25) is 4.99 Å². The topological polar surface area (TPSA) is 56.7 Å². The highest BCUT2D eigenvalue weighted by atomic mass is 127. The lowest BCUT2D eigenvalue weighted by Crippen LogP contribution is -2.38. The fourth-order valence-corrected chi connectivity index (χ4v) is 2.07. The lowest BCUT2D eigenvalue weighted by atomic mass is 10.1. The largest absolute Gasteiger partial charge is 0.508 e. The second kappa shape index (κ2) is 12.6. The molecular formula is C17H30IN3O. The zero-order valence-electron chi connectivity index (χ0n) is 13.9. The smallest absolute Gasteiger partial charge is 0.191 e. The Morgan fingerprint density at radius 3 is 2.68 bits per heavy atom. The van der Waals surface area contributed by atoms with Gasteiger partial charge in [0.05, 0.1) is 0 Å². The van der Waals surface area contributed by atoms with Crippen LogP contribution in [0.3, 0.4) is 0 Å². The zero-order valence-corrected chi connectivity index (χ0v) is 16.3. The van der Waals surface area contributed by atoms with E-state index in [0.717, 1.165) is 49.9 Å². The molecule has 0 atom stereocenters. The first-order valence-electron chi connectivity index (χ1n) is 7.92. The number of phenols is 1. The van der Waals surface area contributed by atoms with Crippen LogP contribution in [0.5, 0.6) is 5.75 Å². The van der Waals surface area contributed by atoms with Crippen LogP contribution in [0, 0.1) is 5.92 Å². The fourth-order valence-electron chi connectivity index (χ4n) is 2.07. The third kappa shape index (κ3) is 9.87. The number of rotatable bonds is 8. The minimum Gasteiger partial charge on any atom is -0.508 e. The fraction of sp³-hybridized carbons (Fsp3) is 0.588. The zero-order chi connectivity index (χ0) is 15.5. The highest BCUT2D eigenvalue weighted by Gasteiger charge is 1.99. The molecule has 22 heavy (non-hydrogen) atoms. The van der Waals surface area contributed by atoms with Crippen molar-refractivity contribution < 1.29 is 5.11 Å². The molecule has 0 aliphatic carbocycles. The summed E-state index contributed by atoms with van der Waals surface area (Å²) < 4.78 is 0. The van der Waals surface area contributed by atoms with E-state index in [1.165, 1.54) is 6.42 Å². The Hall–Kier alpha value is -0.980. The van der Waals surface area contributed by atoms with Crippen LogP contribution in [0.1, 0.15) is 39.2 Å². The van der Waals surface area contributed by atoms with Gasteiger partial charge in [0.25, 0.3) is 0 Å². The average Bonchev–Trinajstić information content (AvgIpc) is 2.43. The van der Waals surface area contributed by atoms with Crippen molar-refractivity contribution in [3.05, 3.63) is 29.8 Å². The Labute approximate surface area is 151 Å². The normalized spacial score (nSPS) is 11.2. The van der Waals surface area contributed by atoms with E-state index in [1.54, 1.807) is 12.1 Å². The lowest BCUT2D eigenvalue weighted by molar-refractivity contribution is 0.474. The molecule has 0 bridgehead atoms. The third-order valence-corrected chi connectivity index (χ3v) is 3.17. The van der Waals surface area contributed by atoms with Crippen LogP contribution in [0.2, 0.25) is 0 Å². The number of phenolic OH excluding ortho intramolecular Hbond substituents is 1. The van der Waals surface area contributed by atoms with E-state index in [2.05, 4.69) is 36.4 Å². The molecule has 1 aromatic rings. The maximum Gasteiger partial charge on any atom is 0.191 e. The molecule has 0 amide bonds. The summed E-state index contributed by atoms with van der Waals surface area (Å²) in [5.41, 5.74) is 1.12. The van der Waals surface area contributed by atoms with E-state index in [9.17, 15) is 5.11 Å². The quantitative estimate of drug-likeness (QED) is 0.262. The van der Waals surface area contributed by atoms with Crippen LogP contribution in [-0.4, -0.2) is 30.7 Å². The van der Waals surface area contributed by atoms with Gasteiger partial charge in [0.15, 0.2) is 5.96 Å². The number of nitrogens with one attached hydrogen (secondary N) is 2. The molecule has 0 spiro atoms. The first-order valence-corrected chi connectivity index (χ1v) is 7.92. The van der Waals surface area contributed by atoms with Crippen molar-refractivity contribution in [2.45, 2.75) is 40.0 Å². The van der Waals surface area contributed by atoms with Gasteiger partial charge in [0, 0.05) is 19.6 Å². The third-order valence-electron chi connectivity index (χ3n) is 3.17. The van der Waals surface area contributed by atoms with Gasteiger partial charge in [-0.25, -0.2) is 0 Å². The van der Waals surface area contributed by atoms with Crippen LogP contribution < -0.4 is 10.6 Å². The van der Waals surface area contributed by atoms with Crippen molar-refractivity contribution >= 4 is 29.9 Å². The van der Waals surface area contributed by atoms with Crippen molar-refractivity contribution in [1.82, 2.24) is 10.6 Å². The molecule has 0 heterocycles. The number of aliphatic imine (C=N–C) groups is 1. The Bertz CT molecular complexity index is 436. The maximum absolute atomic E-state index is 9.44. The summed E-state index contributed by atoms with van der Waals surface area (Å²) in [6, 6.07) is 7.38. The number of nitrogens with zero attached hydrogens (tertiary/aromatic N) is 1. The minimum absolute atomic E-state index is 0. The van der Waals surface area contributed by atoms with E-state index >= 15 is 0 Å². The number of aromatic hydroxyl groups is 1. The van der Waals surface area contributed by atoms with Crippen LogP contribution >= 0.6 is 24.0 Å². The molecule has 3 N–H and O–H groups in total. The molecule has 1 aromatic carbocycles. The van der Waals surface area contributed by atoms with E-state index in [0.29, 0.717) is 5.75 Å². The standard InChI is InChI=1S/C17H29N3O.HI/c1-4-18-17(19-11-6-7-14(2)3)20-12-10-15-8-5-9-16(21)13-15;/h5,8-9,13-14,21H,4,6-7,10-12H2,1-3H3,(H2,18,19,20);1H. The summed E-state index contributed by atoms with van der Waals surface area (Å²) in [7, 11) is 0. The first kappa shape index (κ1) is 21.0. The van der Waals surface area contributed by atoms with Gasteiger partial charge in [0.2, 0.25) is 0 Å². The summed E-state index contributed by atoms with van der Waals surface area (Å²) in [4.78, 5) is 4.58. The summed E-state index contributed by atoms with van der Waals surface area (Å²) in [6.07, 6.45) is 3.21. The van der Waals surface area contributed by atoms with E-state index in [1.807, 2.05) is 12.1 Å². The molecule has 126 valence electrons. The van der Waals surface area contributed by atoms with Crippen molar-refractivity contribution in [2.24, 2.45) is 10.9 Å². The summed E-state index contributed by atoms with van der Waals surface area (Å²) in [5, 5.41) is 16.0. The Balaban J connectivity index is 0.00000441. The number of hydrogen-bond donors (Lipinski definition) is 3. The van der Waals surface area contributed by atoms with Gasteiger partial charge in [-0.15, -0.1) is 24.0 Å². The molecule has 0 aliphatic rings. The average molecular weight is 419 g/mol. The van der Waals surface area contributed by atoms with Gasteiger partial charge in [-0.1, -0.05) is 26.0 Å². The summed E-state index contributed by atoms with van der Waals surface area (Å²) in [5.74, 6) is 1.93. The Morgan fingerprint density at radius 1 is 1.27 bits per heavy atom. The number of benzene rings is 1. The SMILES string of the molecule is CCNC(=NCCCC(C)C)NCCc1cccc(O)c1.I. The number of hydrogen-bond acceptors (Lipinski definition) is 2. The van der Waals surface area contributed by atoms with Gasteiger partial charge in [-0.05, 0) is 49.8 Å². The molecule has 0 saturated carbocycles. The highest BCUT2D eigenvalue weighted by Crippen LogP contribution is 2.10. The minimum atomic E-state index is 0. The van der Waals surface area contributed by atoms with E-state index < -0.39 is 0 Å². The lowest BCUT2D eigenvalue weighted by Gasteiger charge is -2.11. The Morgan fingerprint density at radius 2 is 2.05 bits per heavy atom. The van der Waals surface area contributed by atoms with Crippen molar-refractivity contribution in [2.75, 3.05) is 19.6 Å². The van der Waals surface area contributed by atoms with Gasteiger partial charge < -0.3 is 15.7 Å². The van der Waals surface area contributed by atoms with Gasteiger partial charge in [-0.2, -0.15) is 0 Å². The van der Waals surface area contributed by atoms with Crippen molar-refractivity contribution in [3.8, 4) is 5.75 Å². The monoisotopic (exact) mass is 419 g/mol. The molecule has 1 rings (SSSR count). The van der Waals surface area contributed by atoms with Crippen LogP contribution in [-0.2, 0) is 6.42 Å². The predicted octanol–water partition coefficient (Wildman–Crippen LogP) is 3.54. The molecule has 0 radical (unpaired) electrons. The Kier molecular flexibility index (Phi) is 12.0. The maximum atomic E-state index is 9.44. The second-order valence-electron chi connectivity index (χ2n) is 5.64. The molecular weight excluding hydrogens is 389 g/mol. The predicted molar refractivity (Wildman–Crippen MR) is 105 cm³/mol. The van der Waals surface area contributed by atoms with Crippen molar-refractivity contribution in [1.29, 1.82) is 0 Å². The first-order chi connectivity index (χ1) is 10.1. The van der Waals surface area contributed by atoms with E-state index in [4.69, 9.17) is 0 Å². The van der Waals surface area contributed by atoms with Crippen LogP contribution in [0.15, 0.2) is 29.3 Å². The van der Waals surface area contributed by atoms with Crippen LogP contribution in [0.25, 0.3) is 0 Å². The summed E-state index contributed by atoms with van der Waals surface area (Å²) in [6.45, 7) is 9.08. The molecule has 4 nitrogen and oxygen atoms in total. The molecule has 0 unspecified atom stereocenters. The molecule has 0 aliphatic heterocycles. The number of halogens is 1.